The highest BCUT2D eigenvalue weighted by Crippen LogP contribution is 2.31. The van der Waals surface area contributed by atoms with Crippen molar-refractivity contribution >= 4 is 38.4 Å². The molecule has 0 saturated heterocycles. The van der Waals surface area contributed by atoms with Gasteiger partial charge in [-0.3, -0.25) is 14.3 Å². The quantitative estimate of drug-likeness (QED) is 0.442. The third-order valence-electron chi connectivity index (χ3n) is 3.84. The van der Waals surface area contributed by atoms with Crippen molar-refractivity contribution in [1.82, 2.24) is 10.3 Å². The van der Waals surface area contributed by atoms with Gasteiger partial charge in [-0.25, -0.2) is 13.4 Å². The molecule has 0 aliphatic rings. The summed E-state index contributed by atoms with van der Waals surface area (Å²) in [6.45, 7) is -0.594. The van der Waals surface area contributed by atoms with E-state index >= 15 is 0 Å². The van der Waals surface area contributed by atoms with E-state index < -0.39 is 28.4 Å². The second-order valence-corrected chi connectivity index (χ2v) is 8.03. The number of nitrogens with zero attached hydrogens (tertiary/aromatic N) is 1. The Morgan fingerprint density at radius 2 is 1.77 bits per heavy atom. The molecular formula is C19H17N3O7S. The number of carboxylic acid groups (broad SMARTS) is 1. The van der Waals surface area contributed by atoms with E-state index in [-0.39, 0.29) is 11.4 Å². The third kappa shape index (κ3) is 5.14. The van der Waals surface area contributed by atoms with Gasteiger partial charge in [-0.2, -0.15) is 0 Å². The van der Waals surface area contributed by atoms with Crippen LogP contribution in [0.15, 0.2) is 48.7 Å². The van der Waals surface area contributed by atoms with Gasteiger partial charge < -0.3 is 20.3 Å². The van der Waals surface area contributed by atoms with Crippen LogP contribution in [-0.4, -0.2) is 48.3 Å². The number of hydrogen-bond acceptors (Lipinski definition) is 7. The van der Waals surface area contributed by atoms with E-state index in [0.29, 0.717) is 28.0 Å². The summed E-state index contributed by atoms with van der Waals surface area (Å²) in [6.07, 6.45) is 2.41. The molecule has 0 saturated carbocycles. The van der Waals surface area contributed by atoms with Gasteiger partial charge in [0.15, 0.2) is 11.4 Å². The van der Waals surface area contributed by atoms with E-state index in [1.54, 1.807) is 36.4 Å². The van der Waals surface area contributed by atoms with Gasteiger partial charge in [0.1, 0.15) is 18.0 Å². The van der Waals surface area contributed by atoms with Crippen molar-refractivity contribution in [3.05, 3.63) is 54.4 Å². The average Bonchev–Trinajstić information content (AvgIpc) is 2.67. The molecule has 1 amide bonds. The smallest absolute Gasteiger partial charge is 0.322 e. The lowest BCUT2D eigenvalue weighted by Gasteiger charge is -2.10. The maximum atomic E-state index is 12.0. The van der Waals surface area contributed by atoms with Crippen molar-refractivity contribution in [1.29, 1.82) is 0 Å². The first-order chi connectivity index (χ1) is 14.1. The maximum absolute atomic E-state index is 12.0. The topological polar surface area (TPSA) is 155 Å². The molecule has 3 aromatic rings. The number of hydrogen-bond donors (Lipinski definition) is 4. The van der Waals surface area contributed by atoms with E-state index in [1.165, 1.54) is 12.3 Å². The molecule has 0 radical (unpaired) electrons. The van der Waals surface area contributed by atoms with Crippen LogP contribution in [0, 0.1) is 0 Å². The number of anilines is 1. The summed E-state index contributed by atoms with van der Waals surface area (Å²) in [6, 6.07) is 11.0. The molecule has 3 rings (SSSR count). The molecule has 30 heavy (non-hydrogen) atoms. The van der Waals surface area contributed by atoms with Crippen molar-refractivity contribution in [3.8, 4) is 17.2 Å². The van der Waals surface area contributed by atoms with Crippen LogP contribution in [0.2, 0.25) is 0 Å². The van der Waals surface area contributed by atoms with E-state index in [0.717, 1.165) is 6.26 Å². The number of aliphatic carboxylic acids is 1. The van der Waals surface area contributed by atoms with E-state index in [9.17, 15) is 23.1 Å². The molecule has 0 spiro atoms. The highest BCUT2D eigenvalue weighted by atomic mass is 32.2. The van der Waals surface area contributed by atoms with Gasteiger partial charge in [0.25, 0.3) is 5.91 Å². The molecule has 0 atom stereocenters. The number of benzene rings is 2. The number of amides is 1. The number of sulfonamides is 1. The Morgan fingerprint density at radius 1 is 1.10 bits per heavy atom. The number of carboxylic acids is 1. The largest absolute Gasteiger partial charge is 0.505 e. The highest BCUT2D eigenvalue weighted by Gasteiger charge is 2.17. The van der Waals surface area contributed by atoms with Crippen molar-refractivity contribution in [2.24, 2.45) is 0 Å². The normalized spacial score (nSPS) is 11.1. The number of aromatic nitrogens is 1. The van der Waals surface area contributed by atoms with Crippen LogP contribution >= 0.6 is 0 Å². The van der Waals surface area contributed by atoms with Crippen LogP contribution in [0.3, 0.4) is 0 Å². The molecule has 0 aliphatic heterocycles. The van der Waals surface area contributed by atoms with E-state index in [4.69, 9.17) is 9.84 Å². The summed E-state index contributed by atoms with van der Waals surface area (Å²) in [5, 5.41) is 21.9. The molecule has 4 N–H and O–H groups in total. The van der Waals surface area contributed by atoms with Crippen LogP contribution in [0.4, 0.5) is 5.69 Å². The van der Waals surface area contributed by atoms with Crippen LogP contribution in [0.5, 0.6) is 17.2 Å². The van der Waals surface area contributed by atoms with Crippen molar-refractivity contribution in [3.63, 3.8) is 0 Å². The van der Waals surface area contributed by atoms with Gasteiger partial charge in [-0.1, -0.05) is 0 Å². The Morgan fingerprint density at radius 3 is 2.40 bits per heavy atom. The van der Waals surface area contributed by atoms with Gasteiger partial charge in [-0.15, -0.1) is 0 Å². The number of ether oxygens (including phenoxy) is 1. The standard InChI is InChI=1S/C19H17N3O7S/c1-30(27,28)22-12-2-4-13(5-3-12)29-14-6-7-15-11(8-14)9-20-17(18(15)25)19(26)21-10-16(23)24/h2-9,22,25H,10H2,1H3,(H,21,26)(H,23,24). The summed E-state index contributed by atoms with van der Waals surface area (Å²) in [7, 11) is -3.37. The predicted molar refractivity (Wildman–Crippen MR) is 108 cm³/mol. The van der Waals surface area contributed by atoms with Crippen molar-refractivity contribution in [2.45, 2.75) is 0 Å². The molecule has 10 nitrogen and oxygen atoms in total. The zero-order valence-electron chi connectivity index (χ0n) is 15.6. The molecule has 1 aromatic heterocycles. The van der Waals surface area contributed by atoms with Crippen LogP contribution in [0.1, 0.15) is 10.5 Å². The Hall–Kier alpha value is -3.86. The SMILES string of the molecule is CS(=O)(=O)Nc1ccc(Oc2ccc3c(O)c(C(=O)NCC(=O)O)ncc3c2)cc1. The Kier molecular flexibility index (Phi) is 5.74. The molecule has 2 aromatic carbocycles. The number of pyridine rings is 1. The second kappa shape index (κ2) is 8.25. The molecule has 0 fully saturated rings. The molecule has 156 valence electrons. The highest BCUT2D eigenvalue weighted by molar-refractivity contribution is 7.92. The van der Waals surface area contributed by atoms with E-state index in [1.807, 2.05) is 0 Å². The minimum Gasteiger partial charge on any atom is -0.505 e. The number of carbonyl (C=O) groups is 2. The Balaban J connectivity index is 1.79. The zero-order chi connectivity index (χ0) is 21.9. The third-order valence-corrected chi connectivity index (χ3v) is 4.45. The first-order valence-electron chi connectivity index (χ1n) is 8.50. The zero-order valence-corrected chi connectivity index (χ0v) is 16.4. The van der Waals surface area contributed by atoms with E-state index in [2.05, 4.69) is 15.0 Å². The minimum absolute atomic E-state index is 0.286. The van der Waals surface area contributed by atoms with Gasteiger partial charge in [0.05, 0.1) is 6.26 Å². The molecule has 0 bridgehead atoms. The predicted octanol–water partition coefficient (Wildman–Crippen LogP) is 1.92. The van der Waals surface area contributed by atoms with Crippen LogP contribution < -0.4 is 14.8 Å². The van der Waals surface area contributed by atoms with Gasteiger partial charge >= 0.3 is 5.97 Å². The lowest BCUT2D eigenvalue weighted by atomic mass is 10.1. The van der Waals surface area contributed by atoms with Crippen molar-refractivity contribution < 1.29 is 33.0 Å². The molecular weight excluding hydrogens is 414 g/mol. The maximum Gasteiger partial charge on any atom is 0.322 e. The summed E-state index contributed by atoms with van der Waals surface area (Å²) in [4.78, 5) is 26.4. The monoisotopic (exact) mass is 431 g/mol. The lowest BCUT2D eigenvalue weighted by molar-refractivity contribution is -0.135. The molecule has 1 heterocycles. The lowest BCUT2D eigenvalue weighted by Crippen LogP contribution is -2.29. The number of rotatable bonds is 7. The summed E-state index contributed by atoms with van der Waals surface area (Å²) >= 11 is 0. The minimum atomic E-state index is -3.37. The van der Waals surface area contributed by atoms with Gasteiger partial charge in [0, 0.05) is 22.7 Å². The number of nitrogens with one attached hydrogen (secondary N) is 2. The Bertz CT molecular complexity index is 1220. The van der Waals surface area contributed by atoms with Crippen molar-refractivity contribution in [2.75, 3.05) is 17.5 Å². The molecule has 11 heteroatoms. The fourth-order valence-corrected chi connectivity index (χ4v) is 3.16. The summed E-state index contributed by atoms with van der Waals surface area (Å²) in [5.74, 6) is -1.52. The first-order valence-corrected chi connectivity index (χ1v) is 10.4. The number of aromatic hydroxyl groups is 1. The van der Waals surface area contributed by atoms with Gasteiger partial charge in [0.2, 0.25) is 10.0 Å². The Labute approximate surface area is 171 Å². The fourth-order valence-electron chi connectivity index (χ4n) is 2.60. The first kappa shape index (κ1) is 20.9. The van der Waals surface area contributed by atoms with Gasteiger partial charge in [-0.05, 0) is 42.5 Å². The fraction of sp³-hybridized carbons (Fsp3) is 0.105. The van der Waals surface area contributed by atoms with Crippen LogP contribution in [0.25, 0.3) is 10.8 Å². The molecule has 0 aliphatic carbocycles. The molecule has 0 unspecified atom stereocenters. The summed E-state index contributed by atoms with van der Waals surface area (Å²) in [5.41, 5.74) is 0.109. The average molecular weight is 431 g/mol. The number of carbonyl (C=O) groups excluding carboxylic acids is 1. The van der Waals surface area contributed by atoms with Crippen LogP contribution in [-0.2, 0) is 14.8 Å². The number of fused-ring (bicyclic) bond motifs is 1. The second-order valence-electron chi connectivity index (χ2n) is 6.28. The summed E-state index contributed by atoms with van der Waals surface area (Å²) < 4.78 is 30.6.